The van der Waals surface area contributed by atoms with Gasteiger partial charge in [-0.05, 0) is 20.3 Å². The van der Waals surface area contributed by atoms with Crippen molar-refractivity contribution in [1.29, 1.82) is 0 Å². The average molecular weight is 243 g/mol. The molecule has 0 rings (SSSR count). The maximum absolute atomic E-state index is 11.2. The Hall–Kier alpha value is -0.0200. The van der Waals surface area contributed by atoms with Gasteiger partial charge < -0.3 is 4.55 Å². The fourth-order valence-electron chi connectivity index (χ4n) is 0.625. The second-order valence-corrected chi connectivity index (χ2v) is 6.05. The number of rotatable bonds is 7. The topological polar surface area (TPSA) is 98.3 Å². The van der Waals surface area contributed by atoms with Crippen LogP contribution in [-0.4, -0.2) is 35.5 Å². The normalized spacial score (nSPS) is 14.6. The third-order valence-corrected chi connectivity index (χ3v) is 3.78. The fourth-order valence-corrected chi connectivity index (χ4v) is 1.70. The van der Waals surface area contributed by atoms with Gasteiger partial charge in [0.15, 0.2) is 0 Å². The Kier molecular flexibility index (Phi) is 6.45. The Bertz CT molecular complexity index is 276. The van der Waals surface area contributed by atoms with Gasteiger partial charge in [0.2, 0.25) is 10.0 Å². The van der Waals surface area contributed by atoms with Crippen LogP contribution in [-0.2, 0) is 21.3 Å². The zero-order chi connectivity index (χ0) is 11.2. The summed E-state index contributed by atoms with van der Waals surface area (Å²) in [5.74, 6) is 0. The third kappa shape index (κ3) is 6.44. The summed E-state index contributed by atoms with van der Waals surface area (Å²) in [5, 5.41) is -0.468. The maximum atomic E-state index is 11.2. The van der Waals surface area contributed by atoms with E-state index in [2.05, 4.69) is 9.44 Å². The summed E-state index contributed by atoms with van der Waals surface area (Å²) in [4.78, 5) is 0. The monoisotopic (exact) mass is 243 g/mol. The zero-order valence-corrected chi connectivity index (χ0v) is 9.78. The van der Waals surface area contributed by atoms with Crippen LogP contribution in [0.4, 0.5) is 0 Å². The van der Waals surface area contributed by atoms with Crippen LogP contribution < -0.4 is 9.44 Å². The highest BCUT2D eigenvalue weighted by atomic mass is 32.2. The molecule has 0 amide bonds. The smallest absolute Gasteiger partial charge is 0.213 e. The highest BCUT2D eigenvalue weighted by Gasteiger charge is 2.13. The van der Waals surface area contributed by atoms with E-state index in [4.69, 9.17) is 0 Å². The summed E-state index contributed by atoms with van der Waals surface area (Å²) in [6.45, 7) is 3.63. The molecule has 1 atom stereocenters. The van der Waals surface area contributed by atoms with E-state index in [0.717, 1.165) is 0 Å². The SMILES string of the molecule is CC(C)S(=O)(=O)NCCCNS(=O)[O-]. The van der Waals surface area contributed by atoms with Gasteiger partial charge >= 0.3 is 0 Å². The van der Waals surface area contributed by atoms with Gasteiger partial charge in [-0.3, -0.25) is 4.21 Å². The van der Waals surface area contributed by atoms with Gasteiger partial charge in [-0.25, -0.2) is 17.9 Å². The molecular formula is C6H15N2O4S2-. The Morgan fingerprint density at radius 1 is 1.36 bits per heavy atom. The molecular weight excluding hydrogens is 228 g/mol. The molecule has 0 aromatic rings. The van der Waals surface area contributed by atoms with E-state index >= 15 is 0 Å². The van der Waals surface area contributed by atoms with Crippen molar-refractivity contribution in [1.82, 2.24) is 9.44 Å². The van der Waals surface area contributed by atoms with Crippen molar-refractivity contribution in [3.63, 3.8) is 0 Å². The minimum absolute atomic E-state index is 0.233. The van der Waals surface area contributed by atoms with Crippen LogP contribution in [0.1, 0.15) is 20.3 Å². The first-order chi connectivity index (χ1) is 6.36. The lowest BCUT2D eigenvalue weighted by atomic mass is 10.4. The van der Waals surface area contributed by atoms with E-state index in [1.54, 1.807) is 13.8 Å². The summed E-state index contributed by atoms with van der Waals surface area (Å²) in [6, 6.07) is 0. The van der Waals surface area contributed by atoms with Crippen molar-refractivity contribution >= 4 is 21.3 Å². The Balaban J connectivity index is 3.60. The van der Waals surface area contributed by atoms with Gasteiger partial charge in [0.05, 0.1) is 5.25 Å². The van der Waals surface area contributed by atoms with Crippen molar-refractivity contribution < 1.29 is 17.2 Å². The molecule has 2 N–H and O–H groups in total. The molecule has 6 nitrogen and oxygen atoms in total. The first-order valence-electron chi connectivity index (χ1n) is 4.17. The van der Waals surface area contributed by atoms with Crippen LogP contribution in [0, 0.1) is 0 Å². The summed E-state index contributed by atoms with van der Waals surface area (Å²) >= 11 is -2.28. The van der Waals surface area contributed by atoms with Crippen LogP contribution >= 0.6 is 0 Å². The van der Waals surface area contributed by atoms with Crippen molar-refractivity contribution in [2.24, 2.45) is 0 Å². The lowest BCUT2D eigenvalue weighted by Crippen LogP contribution is -2.33. The molecule has 0 saturated carbocycles. The van der Waals surface area contributed by atoms with Gasteiger partial charge in [0.25, 0.3) is 0 Å². The lowest BCUT2D eigenvalue weighted by molar-refractivity contribution is 0.521. The number of hydrogen-bond donors (Lipinski definition) is 2. The van der Waals surface area contributed by atoms with E-state index in [1.165, 1.54) is 0 Å². The minimum atomic E-state index is -3.23. The maximum Gasteiger partial charge on any atom is 0.213 e. The Labute approximate surface area is 86.9 Å². The predicted octanol–water partition coefficient (Wildman–Crippen LogP) is -0.912. The molecule has 0 heterocycles. The molecule has 0 bridgehead atoms. The average Bonchev–Trinajstić information content (AvgIpc) is 2.02. The van der Waals surface area contributed by atoms with E-state index in [9.17, 15) is 17.2 Å². The first-order valence-corrected chi connectivity index (χ1v) is 6.79. The molecule has 0 aromatic heterocycles. The molecule has 0 aliphatic rings. The Morgan fingerprint density at radius 3 is 2.36 bits per heavy atom. The quantitative estimate of drug-likeness (QED) is 0.446. The zero-order valence-electron chi connectivity index (χ0n) is 8.15. The predicted molar refractivity (Wildman–Crippen MR) is 53.6 cm³/mol. The van der Waals surface area contributed by atoms with E-state index in [-0.39, 0.29) is 13.1 Å². The molecule has 8 heteroatoms. The Morgan fingerprint density at radius 2 is 1.93 bits per heavy atom. The minimum Gasteiger partial charge on any atom is -0.760 e. The van der Waals surface area contributed by atoms with Gasteiger partial charge in [-0.1, -0.05) is 0 Å². The fraction of sp³-hybridized carbons (Fsp3) is 1.00. The molecule has 0 fully saturated rings. The molecule has 0 aliphatic carbocycles. The third-order valence-electron chi connectivity index (χ3n) is 1.50. The second-order valence-electron chi connectivity index (χ2n) is 2.97. The molecule has 14 heavy (non-hydrogen) atoms. The van der Waals surface area contributed by atoms with Crippen LogP contribution in [0.3, 0.4) is 0 Å². The van der Waals surface area contributed by atoms with Crippen molar-refractivity contribution in [2.75, 3.05) is 13.1 Å². The van der Waals surface area contributed by atoms with E-state index in [1.807, 2.05) is 0 Å². The molecule has 0 spiro atoms. The van der Waals surface area contributed by atoms with E-state index < -0.39 is 26.5 Å². The standard InChI is InChI=1S/C6H16N2O4S2/c1-6(2)14(11,12)8-5-3-4-7-13(9)10/h6-8H,3-5H2,1-2H3,(H,9,10)/p-1. The summed E-state index contributed by atoms with van der Waals surface area (Å²) in [6.07, 6.45) is 0.430. The van der Waals surface area contributed by atoms with Gasteiger partial charge in [0, 0.05) is 24.4 Å². The number of nitrogens with one attached hydrogen (secondary N) is 2. The summed E-state index contributed by atoms with van der Waals surface area (Å²) in [5.41, 5.74) is 0. The molecule has 0 aromatic carbocycles. The van der Waals surface area contributed by atoms with Gasteiger partial charge in [0.1, 0.15) is 0 Å². The first kappa shape index (κ1) is 14.0. The summed E-state index contributed by atoms with van der Waals surface area (Å²) < 4.78 is 46.9. The van der Waals surface area contributed by atoms with Gasteiger partial charge in [-0.2, -0.15) is 0 Å². The highest BCUT2D eigenvalue weighted by molar-refractivity contribution is 7.90. The summed E-state index contributed by atoms with van der Waals surface area (Å²) in [7, 11) is -3.23. The van der Waals surface area contributed by atoms with Crippen molar-refractivity contribution in [3.05, 3.63) is 0 Å². The second kappa shape index (κ2) is 6.46. The molecule has 0 saturated heterocycles. The number of sulfonamides is 1. The molecule has 86 valence electrons. The van der Waals surface area contributed by atoms with Crippen LogP contribution in [0.15, 0.2) is 0 Å². The van der Waals surface area contributed by atoms with Crippen molar-refractivity contribution in [3.8, 4) is 0 Å². The van der Waals surface area contributed by atoms with Crippen LogP contribution in [0.25, 0.3) is 0 Å². The van der Waals surface area contributed by atoms with Gasteiger partial charge in [-0.15, -0.1) is 0 Å². The van der Waals surface area contributed by atoms with E-state index in [0.29, 0.717) is 6.42 Å². The van der Waals surface area contributed by atoms with Crippen LogP contribution in [0.2, 0.25) is 0 Å². The lowest BCUT2D eigenvalue weighted by Gasteiger charge is -2.10. The highest BCUT2D eigenvalue weighted by Crippen LogP contribution is 1.95. The molecule has 1 unspecified atom stereocenters. The largest absolute Gasteiger partial charge is 0.760 e. The van der Waals surface area contributed by atoms with Crippen molar-refractivity contribution in [2.45, 2.75) is 25.5 Å². The molecule has 0 aliphatic heterocycles. The van der Waals surface area contributed by atoms with Crippen LogP contribution in [0.5, 0.6) is 0 Å². The number of hydrogen-bond acceptors (Lipinski definition) is 4. The molecule has 0 radical (unpaired) electrons.